The zero-order chi connectivity index (χ0) is 7.56. The third-order valence-electron chi connectivity index (χ3n) is 1.99. The van der Waals surface area contributed by atoms with E-state index in [9.17, 15) is 0 Å². The van der Waals surface area contributed by atoms with Crippen molar-refractivity contribution in [3.8, 4) is 6.07 Å². The van der Waals surface area contributed by atoms with E-state index in [1.54, 1.807) is 0 Å². The number of nitrogens with two attached hydrogens (primary N) is 1. The van der Waals surface area contributed by atoms with Gasteiger partial charge in [-0.1, -0.05) is 0 Å². The van der Waals surface area contributed by atoms with Crippen molar-refractivity contribution in [2.45, 2.75) is 25.4 Å². The summed E-state index contributed by atoms with van der Waals surface area (Å²) < 4.78 is 0. The fraction of sp³-hybridized carbons (Fsp3) is 0.857. The average Bonchev–Trinajstić information content (AvgIpc) is 2.34. The van der Waals surface area contributed by atoms with Gasteiger partial charge in [-0.15, -0.1) is 0 Å². The normalized spacial score (nSPS) is 29.9. The molecule has 0 aromatic rings. The molecular formula is C7H13N3. The van der Waals surface area contributed by atoms with E-state index in [0.29, 0.717) is 0 Å². The molecule has 1 fully saturated rings. The minimum absolute atomic E-state index is 0.0357. The molecule has 2 atom stereocenters. The van der Waals surface area contributed by atoms with Gasteiger partial charge < -0.3 is 5.73 Å². The van der Waals surface area contributed by atoms with E-state index in [2.05, 4.69) is 11.0 Å². The van der Waals surface area contributed by atoms with Crippen LogP contribution in [0.1, 0.15) is 13.3 Å². The third-order valence-corrected chi connectivity index (χ3v) is 1.99. The standard InChI is InChI=1S/C7H13N3/c1-6(4-8)10-3-2-7(9)5-10/h6-7H,2-3,5,9H2,1H3/t6?,7-/m0/s1. The van der Waals surface area contributed by atoms with Crippen molar-refractivity contribution < 1.29 is 0 Å². The summed E-state index contributed by atoms with van der Waals surface area (Å²) >= 11 is 0. The molecule has 0 amide bonds. The van der Waals surface area contributed by atoms with Crippen LogP contribution in [0.2, 0.25) is 0 Å². The lowest BCUT2D eigenvalue weighted by atomic mass is 10.3. The smallest absolute Gasteiger partial charge is 0.0949 e. The quantitative estimate of drug-likeness (QED) is 0.553. The van der Waals surface area contributed by atoms with Crippen LogP contribution in [-0.2, 0) is 0 Å². The van der Waals surface area contributed by atoms with Gasteiger partial charge in [0.2, 0.25) is 0 Å². The van der Waals surface area contributed by atoms with Crippen LogP contribution in [0.4, 0.5) is 0 Å². The maximum atomic E-state index is 8.55. The van der Waals surface area contributed by atoms with Gasteiger partial charge in [0.15, 0.2) is 0 Å². The molecule has 1 saturated heterocycles. The summed E-state index contributed by atoms with van der Waals surface area (Å²) in [6.07, 6.45) is 1.03. The Labute approximate surface area is 61.4 Å². The van der Waals surface area contributed by atoms with Crippen LogP contribution >= 0.6 is 0 Å². The van der Waals surface area contributed by atoms with E-state index in [-0.39, 0.29) is 12.1 Å². The molecule has 1 unspecified atom stereocenters. The molecule has 56 valence electrons. The zero-order valence-corrected chi connectivity index (χ0v) is 6.25. The number of nitrogens with zero attached hydrogens (tertiary/aromatic N) is 2. The van der Waals surface area contributed by atoms with E-state index in [4.69, 9.17) is 11.0 Å². The van der Waals surface area contributed by atoms with Crippen LogP contribution in [0.15, 0.2) is 0 Å². The van der Waals surface area contributed by atoms with Crippen molar-refractivity contribution in [1.29, 1.82) is 5.26 Å². The molecule has 0 aromatic heterocycles. The first kappa shape index (κ1) is 7.52. The van der Waals surface area contributed by atoms with Crippen molar-refractivity contribution >= 4 is 0 Å². The van der Waals surface area contributed by atoms with Gasteiger partial charge in [0.25, 0.3) is 0 Å². The summed E-state index contributed by atoms with van der Waals surface area (Å²) in [5, 5.41) is 8.55. The second-order valence-corrected chi connectivity index (χ2v) is 2.85. The minimum atomic E-state index is 0.0357. The molecule has 3 heteroatoms. The Morgan fingerprint density at radius 1 is 1.80 bits per heavy atom. The highest BCUT2D eigenvalue weighted by molar-refractivity contribution is 4.92. The Kier molecular flexibility index (Phi) is 2.25. The zero-order valence-electron chi connectivity index (χ0n) is 6.25. The van der Waals surface area contributed by atoms with Crippen LogP contribution in [0.3, 0.4) is 0 Å². The van der Waals surface area contributed by atoms with Crippen LogP contribution < -0.4 is 5.73 Å². The summed E-state index contributed by atoms with van der Waals surface area (Å²) in [4.78, 5) is 2.12. The van der Waals surface area contributed by atoms with Gasteiger partial charge in [0, 0.05) is 19.1 Å². The third kappa shape index (κ3) is 1.47. The molecule has 0 radical (unpaired) electrons. The summed E-state index contributed by atoms with van der Waals surface area (Å²) in [5.74, 6) is 0. The van der Waals surface area contributed by atoms with Gasteiger partial charge in [-0.05, 0) is 13.3 Å². The van der Waals surface area contributed by atoms with Gasteiger partial charge in [-0.2, -0.15) is 5.26 Å². The highest BCUT2D eigenvalue weighted by Gasteiger charge is 2.22. The highest BCUT2D eigenvalue weighted by atomic mass is 15.2. The molecule has 2 N–H and O–H groups in total. The predicted molar refractivity (Wildman–Crippen MR) is 39.2 cm³/mol. The van der Waals surface area contributed by atoms with Crippen LogP contribution in [-0.4, -0.2) is 30.1 Å². The first-order chi connectivity index (χ1) is 4.74. The number of nitriles is 1. The lowest BCUT2D eigenvalue weighted by molar-refractivity contribution is 0.302. The van der Waals surface area contributed by atoms with Crippen LogP contribution in [0.25, 0.3) is 0 Å². The van der Waals surface area contributed by atoms with Gasteiger partial charge in [0.05, 0.1) is 12.1 Å². The molecule has 0 saturated carbocycles. The molecular weight excluding hydrogens is 126 g/mol. The monoisotopic (exact) mass is 139 g/mol. The Morgan fingerprint density at radius 3 is 2.90 bits per heavy atom. The van der Waals surface area contributed by atoms with Crippen molar-refractivity contribution in [2.75, 3.05) is 13.1 Å². The number of hydrogen-bond acceptors (Lipinski definition) is 3. The van der Waals surface area contributed by atoms with E-state index in [1.807, 2.05) is 6.92 Å². The molecule has 0 aliphatic carbocycles. The predicted octanol–water partition coefficient (Wildman–Crippen LogP) is -0.0685. The van der Waals surface area contributed by atoms with E-state index < -0.39 is 0 Å². The lowest BCUT2D eigenvalue weighted by Crippen LogP contribution is -2.32. The van der Waals surface area contributed by atoms with Crippen molar-refractivity contribution in [3.63, 3.8) is 0 Å². The topological polar surface area (TPSA) is 53.0 Å². The fourth-order valence-electron chi connectivity index (χ4n) is 1.25. The van der Waals surface area contributed by atoms with Gasteiger partial charge in [-0.3, -0.25) is 4.90 Å². The lowest BCUT2D eigenvalue weighted by Gasteiger charge is -2.16. The summed E-state index contributed by atoms with van der Waals surface area (Å²) in [6.45, 7) is 3.78. The first-order valence-corrected chi connectivity index (χ1v) is 3.63. The second-order valence-electron chi connectivity index (χ2n) is 2.85. The summed E-state index contributed by atoms with van der Waals surface area (Å²) in [6, 6.07) is 2.52. The van der Waals surface area contributed by atoms with Crippen molar-refractivity contribution in [2.24, 2.45) is 5.73 Å². The van der Waals surface area contributed by atoms with Gasteiger partial charge >= 0.3 is 0 Å². The molecule has 10 heavy (non-hydrogen) atoms. The summed E-state index contributed by atoms with van der Waals surface area (Å²) in [7, 11) is 0. The fourth-order valence-corrected chi connectivity index (χ4v) is 1.25. The highest BCUT2D eigenvalue weighted by Crippen LogP contribution is 2.09. The van der Waals surface area contributed by atoms with Gasteiger partial charge in [0.1, 0.15) is 0 Å². The second kappa shape index (κ2) is 3.00. The molecule has 1 aliphatic rings. The van der Waals surface area contributed by atoms with Crippen molar-refractivity contribution in [3.05, 3.63) is 0 Å². The van der Waals surface area contributed by atoms with E-state index in [1.165, 1.54) is 0 Å². The molecule has 0 spiro atoms. The van der Waals surface area contributed by atoms with Crippen molar-refractivity contribution in [1.82, 2.24) is 4.90 Å². The van der Waals surface area contributed by atoms with E-state index in [0.717, 1.165) is 19.5 Å². The first-order valence-electron chi connectivity index (χ1n) is 3.63. The molecule has 1 aliphatic heterocycles. The molecule has 1 heterocycles. The average molecular weight is 139 g/mol. The van der Waals surface area contributed by atoms with Gasteiger partial charge in [-0.25, -0.2) is 0 Å². The molecule has 0 aromatic carbocycles. The van der Waals surface area contributed by atoms with Crippen LogP contribution in [0.5, 0.6) is 0 Å². The van der Waals surface area contributed by atoms with E-state index >= 15 is 0 Å². The number of likely N-dealkylation sites (tertiary alicyclic amines) is 1. The Bertz CT molecular complexity index is 149. The maximum absolute atomic E-state index is 8.55. The molecule has 1 rings (SSSR count). The Hall–Kier alpha value is -0.590. The summed E-state index contributed by atoms with van der Waals surface area (Å²) in [5.41, 5.74) is 5.67. The number of rotatable bonds is 1. The SMILES string of the molecule is CC(C#N)N1CC[C@H](N)C1. The van der Waals surface area contributed by atoms with Crippen LogP contribution in [0, 0.1) is 11.3 Å². The Morgan fingerprint density at radius 2 is 2.50 bits per heavy atom. The minimum Gasteiger partial charge on any atom is -0.326 e. The largest absolute Gasteiger partial charge is 0.326 e. The molecule has 3 nitrogen and oxygen atoms in total. The number of hydrogen-bond donors (Lipinski definition) is 1. The Balaban J connectivity index is 2.39. The molecule has 0 bridgehead atoms. The maximum Gasteiger partial charge on any atom is 0.0949 e.